The highest BCUT2D eigenvalue weighted by Gasteiger charge is 2.68. The summed E-state index contributed by atoms with van der Waals surface area (Å²) in [6.45, 7) is 2.18. The fraction of sp³-hybridized carbons (Fsp3) is 0.368. The number of hydrogen-bond acceptors (Lipinski definition) is 3. The van der Waals surface area contributed by atoms with Gasteiger partial charge in [-0.3, -0.25) is 9.69 Å². The Kier molecular flexibility index (Phi) is 2.52. The molecular weight excluding hydrogens is 304 g/mol. The van der Waals surface area contributed by atoms with E-state index >= 15 is 0 Å². The quantitative estimate of drug-likeness (QED) is 0.745. The lowest BCUT2D eigenvalue weighted by atomic mass is 9.68. The molecule has 5 heteroatoms. The van der Waals surface area contributed by atoms with Crippen molar-refractivity contribution in [2.45, 2.75) is 37.3 Å². The Morgan fingerprint density at radius 3 is 3.00 bits per heavy atom. The summed E-state index contributed by atoms with van der Waals surface area (Å²) in [7, 11) is 0. The highest BCUT2D eigenvalue weighted by atomic mass is 16.6. The summed E-state index contributed by atoms with van der Waals surface area (Å²) in [5, 5.41) is 0. The SMILES string of the molecule is CC#CCN1C(=O)C[C@]23C1=CCC1OC(=O)N(c4ccccc42)[C@@H]13. The zero-order chi connectivity index (χ0) is 16.5. The van der Waals surface area contributed by atoms with Gasteiger partial charge in [0.15, 0.2) is 0 Å². The molecule has 120 valence electrons. The molecule has 0 N–H and O–H groups in total. The standard InChI is InChI=1S/C19H16N2O3/c1-2-3-10-20-15-9-8-14-17-19(15,11-16(20)22)12-6-4-5-7-13(12)21(17)18(23)24-14/h4-7,9,14,17H,8,10-11H2,1H3/t14?,17-,19+/m0/s1. The van der Waals surface area contributed by atoms with Gasteiger partial charge in [-0.05, 0) is 18.6 Å². The van der Waals surface area contributed by atoms with Gasteiger partial charge in [-0.2, -0.15) is 0 Å². The topological polar surface area (TPSA) is 49.9 Å². The van der Waals surface area contributed by atoms with E-state index in [0.717, 1.165) is 16.9 Å². The first-order valence-electron chi connectivity index (χ1n) is 8.18. The number of para-hydroxylation sites is 1. The van der Waals surface area contributed by atoms with Crippen molar-refractivity contribution in [2.75, 3.05) is 11.4 Å². The number of anilines is 1. The van der Waals surface area contributed by atoms with Crippen LogP contribution in [0, 0.1) is 11.8 Å². The van der Waals surface area contributed by atoms with E-state index in [1.54, 1.807) is 16.7 Å². The molecule has 0 aromatic heterocycles. The minimum absolute atomic E-state index is 0.0700. The number of fused-ring (bicyclic) bond motifs is 2. The summed E-state index contributed by atoms with van der Waals surface area (Å²) in [6.07, 6.45) is 2.58. The molecule has 0 bridgehead atoms. The molecule has 2 saturated heterocycles. The third-order valence-corrected chi connectivity index (χ3v) is 5.66. The van der Waals surface area contributed by atoms with Crippen molar-refractivity contribution in [3.63, 3.8) is 0 Å². The lowest BCUT2D eigenvalue weighted by Gasteiger charge is -2.38. The van der Waals surface area contributed by atoms with Crippen molar-refractivity contribution < 1.29 is 14.3 Å². The Balaban J connectivity index is 1.75. The lowest BCUT2D eigenvalue weighted by molar-refractivity contribution is -0.126. The van der Waals surface area contributed by atoms with Crippen LogP contribution in [0.1, 0.15) is 25.3 Å². The first-order chi connectivity index (χ1) is 11.7. The lowest BCUT2D eigenvalue weighted by Crippen LogP contribution is -2.50. The van der Waals surface area contributed by atoms with Crippen LogP contribution in [-0.2, 0) is 14.9 Å². The van der Waals surface area contributed by atoms with Gasteiger partial charge in [0.25, 0.3) is 0 Å². The highest BCUT2D eigenvalue weighted by molar-refractivity contribution is 5.99. The molecule has 4 aliphatic rings. The van der Waals surface area contributed by atoms with Gasteiger partial charge in [-0.25, -0.2) is 4.79 Å². The van der Waals surface area contributed by atoms with Gasteiger partial charge in [-0.1, -0.05) is 30.2 Å². The van der Waals surface area contributed by atoms with Gasteiger partial charge in [0.1, 0.15) is 6.10 Å². The summed E-state index contributed by atoms with van der Waals surface area (Å²) in [5.74, 6) is 5.94. The molecule has 24 heavy (non-hydrogen) atoms. The molecule has 1 aromatic rings. The zero-order valence-electron chi connectivity index (χ0n) is 13.3. The second kappa shape index (κ2) is 4.41. The van der Waals surface area contributed by atoms with Gasteiger partial charge in [-0.15, -0.1) is 5.92 Å². The first kappa shape index (κ1) is 13.7. The Bertz CT molecular complexity index is 878. The molecule has 3 aliphatic heterocycles. The third kappa shape index (κ3) is 1.38. The fourth-order valence-corrected chi connectivity index (χ4v) is 4.85. The van der Waals surface area contributed by atoms with Crippen LogP contribution in [0.25, 0.3) is 0 Å². The number of carbonyl (C=O) groups excluding carboxylic acids is 2. The second-order valence-corrected chi connectivity index (χ2v) is 6.63. The summed E-state index contributed by atoms with van der Waals surface area (Å²) in [4.78, 5) is 28.8. The molecular formula is C19H16N2O3. The summed E-state index contributed by atoms with van der Waals surface area (Å²) < 4.78 is 5.60. The summed E-state index contributed by atoms with van der Waals surface area (Å²) >= 11 is 0. The molecule has 1 aromatic carbocycles. The molecule has 5 rings (SSSR count). The number of rotatable bonds is 1. The van der Waals surface area contributed by atoms with Crippen molar-refractivity contribution in [1.82, 2.24) is 4.90 Å². The minimum atomic E-state index is -0.488. The Hall–Kier alpha value is -2.74. The Labute approximate surface area is 139 Å². The van der Waals surface area contributed by atoms with Crippen molar-refractivity contribution in [1.29, 1.82) is 0 Å². The average Bonchev–Trinajstić information content (AvgIpc) is 3.17. The molecule has 5 nitrogen and oxygen atoms in total. The van der Waals surface area contributed by atoms with Crippen LogP contribution in [0.2, 0.25) is 0 Å². The first-order valence-corrected chi connectivity index (χ1v) is 8.18. The van der Waals surface area contributed by atoms with Gasteiger partial charge >= 0.3 is 6.09 Å². The molecule has 3 atom stereocenters. The summed E-state index contributed by atoms with van der Waals surface area (Å²) in [6, 6.07) is 7.75. The van der Waals surface area contributed by atoms with Crippen molar-refractivity contribution >= 4 is 17.7 Å². The predicted molar refractivity (Wildman–Crippen MR) is 87.1 cm³/mol. The normalized spacial score (nSPS) is 31.8. The van der Waals surface area contributed by atoms with E-state index in [-0.39, 0.29) is 24.1 Å². The van der Waals surface area contributed by atoms with Crippen LogP contribution in [-0.4, -0.2) is 35.6 Å². The van der Waals surface area contributed by atoms with E-state index in [0.29, 0.717) is 19.4 Å². The van der Waals surface area contributed by atoms with E-state index in [9.17, 15) is 9.59 Å². The van der Waals surface area contributed by atoms with Gasteiger partial charge in [0, 0.05) is 18.5 Å². The number of likely N-dealkylation sites (tertiary alicyclic amines) is 1. The van der Waals surface area contributed by atoms with Crippen LogP contribution < -0.4 is 4.90 Å². The average molecular weight is 320 g/mol. The molecule has 0 radical (unpaired) electrons. The molecule has 2 amide bonds. The van der Waals surface area contributed by atoms with Crippen molar-refractivity contribution in [3.8, 4) is 11.8 Å². The van der Waals surface area contributed by atoms with Crippen molar-refractivity contribution in [3.05, 3.63) is 41.6 Å². The maximum atomic E-state index is 12.8. The molecule has 1 aliphatic carbocycles. The van der Waals surface area contributed by atoms with E-state index in [1.165, 1.54) is 0 Å². The number of amides is 2. The zero-order valence-corrected chi connectivity index (χ0v) is 13.3. The van der Waals surface area contributed by atoms with Crippen LogP contribution >= 0.6 is 0 Å². The van der Waals surface area contributed by atoms with E-state index < -0.39 is 5.41 Å². The number of ether oxygens (including phenoxy) is 1. The van der Waals surface area contributed by atoms with Crippen LogP contribution in [0.3, 0.4) is 0 Å². The highest BCUT2D eigenvalue weighted by Crippen LogP contribution is 2.60. The smallest absolute Gasteiger partial charge is 0.415 e. The number of nitrogens with zero attached hydrogens (tertiary/aromatic N) is 2. The predicted octanol–water partition coefficient (Wildman–Crippen LogP) is 2.17. The van der Waals surface area contributed by atoms with Crippen molar-refractivity contribution in [2.24, 2.45) is 0 Å². The number of benzene rings is 1. The minimum Gasteiger partial charge on any atom is -0.443 e. The molecule has 1 spiro atoms. The van der Waals surface area contributed by atoms with E-state index in [4.69, 9.17) is 4.74 Å². The monoisotopic (exact) mass is 320 g/mol. The molecule has 0 saturated carbocycles. The second-order valence-electron chi connectivity index (χ2n) is 6.63. The Morgan fingerprint density at radius 1 is 1.33 bits per heavy atom. The van der Waals surface area contributed by atoms with Gasteiger partial charge < -0.3 is 9.64 Å². The Morgan fingerprint density at radius 2 is 2.17 bits per heavy atom. The van der Waals surface area contributed by atoms with Crippen LogP contribution in [0.15, 0.2) is 36.0 Å². The fourth-order valence-electron chi connectivity index (χ4n) is 4.85. The van der Waals surface area contributed by atoms with E-state index in [1.807, 2.05) is 24.3 Å². The maximum Gasteiger partial charge on any atom is 0.415 e. The van der Waals surface area contributed by atoms with Gasteiger partial charge in [0.05, 0.1) is 23.7 Å². The summed E-state index contributed by atoms with van der Waals surface area (Å²) in [5.41, 5.74) is 2.43. The molecule has 3 heterocycles. The molecule has 1 unspecified atom stereocenters. The largest absolute Gasteiger partial charge is 0.443 e. The van der Waals surface area contributed by atoms with Crippen LogP contribution in [0.4, 0.5) is 10.5 Å². The van der Waals surface area contributed by atoms with E-state index in [2.05, 4.69) is 17.9 Å². The maximum absolute atomic E-state index is 12.8. The van der Waals surface area contributed by atoms with Crippen LogP contribution in [0.5, 0.6) is 0 Å². The van der Waals surface area contributed by atoms with Gasteiger partial charge in [0.2, 0.25) is 5.91 Å². The third-order valence-electron chi connectivity index (χ3n) is 5.66. The number of hydrogen-bond donors (Lipinski definition) is 0. The molecule has 2 fully saturated rings. The number of carbonyl (C=O) groups is 2.